The summed E-state index contributed by atoms with van der Waals surface area (Å²) in [5.41, 5.74) is 0. The van der Waals surface area contributed by atoms with E-state index in [0.29, 0.717) is 12.3 Å². The number of nitrogens with one attached hydrogen (secondary N) is 1. The standard InChI is InChI=1S/C14H25NO3/c16-9-12-3-1-2-4-13(12)15-14(17)6-5-11-7-8-18-10-11/h11-13,16H,1-10H2,(H,15,17)/t11-,12-,13-/m1/s1. The number of rotatable bonds is 5. The van der Waals surface area contributed by atoms with Crippen molar-refractivity contribution in [3.8, 4) is 0 Å². The van der Waals surface area contributed by atoms with Gasteiger partial charge in [-0.15, -0.1) is 0 Å². The second kappa shape index (κ2) is 7.10. The Bertz CT molecular complexity index is 264. The summed E-state index contributed by atoms with van der Waals surface area (Å²) < 4.78 is 5.31. The van der Waals surface area contributed by atoms with Crippen LogP contribution in [-0.4, -0.2) is 36.9 Å². The Morgan fingerprint density at radius 3 is 2.83 bits per heavy atom. The van der Waals surface area contributed by atoms with E-state index in [9.17, 15) is 9.90 Å². The summed E-state index contributed by atoms with van der Waals surface area (Å²) in [6.45, 7) is 1.86. The smallest absolute Gasteiger partial charge is 0.220 e. The van der Waals surface area contributed by atoms with E-state index in [2.05, 4.69) is 5.32 Å². The topological polar surface area (TPSA) is 58.6 Å². The van der Waals surface area contributed by atoms with Crippen molar-refractivity contribution in [3.05, 3.63) is 0 Å². The zero-order chi connectivity index (χ0) is 12.8. The Morgan fingerprint density at radius 2 is 2.11 bits per heavy atom. The van der Waals surface area contributed by atoms with Gasteiger partial charge in [0.15, 0.2) is 0 Å². The van der Waals surface area contributed by atoms with E-state index < -0.39 is 0 Å². The zero-order valence-corrected chi connectivity index (χ0v) is 11.1. The Balaban J connectivity index is 1.68. The van der Waals surface area contributed by atoms with E-state index in [4.69, 9.17) is 4.74 Å². The molecule has 3 atom stereocenters. The van der Waals surface area contributed by atoms with Gasteiger partial charge in [0.25, 0.3) is 0 Å². The van der Waals surface area contributed by atoms with Gasteiger partial charge in [-0.2, -0.15) is 0 Å². The molecule has 1 saturated carbocycles. The van der Waals surface area contributed by atoms with Crippen LogP contribution in [0.25, 0.3) is 0 Å². The Labute approximate surface area is 109 Å². The zero-order valence-electron chi connectivity index (χ0n) is 11.1. The third-order valence-electron chi connectivity index (χ3n) is 4.29. The van der Waals surface area contributed by atoms with Gasteiger partial charge in [0.05, 0.1) is 0 Å². The van der Waals surface area contributed by atoms with Gasteiger partial charge in [0.1, 0.15) is 0 Å². The van der Waals surface area contributed by atoms with Gasteiger partial charge >= 0.3 is 0 Å². The lowest BCUT2D eigenvalue weighted by Gasteiger charge is -2.31. The lowest BCUT2D eigenvalue weighted by Crippen LogP contribution is -2.43. The monoisotopic (exact) mass is 255 g/mol. The molecule has 2 fully saturated rings. The number of ether oxygens (including phenoxy) is 1. The van der Waals surface area contributed by atoms with Crippen LogP contribution in [0.2, 0.25) is 0 Å². The van der Waals surface area contributed by atoms with Gasteiger partial charge < -0.3 is 15.2 Å². The van der Waals surface area contributed by atoms with Crippen LogP contribution in [-0.2, 0) is 9.53 Å². The summed E-state index contributed by atoms with van der Waals surface area (Å²) in [4.78, 5) is 11.9. The maximum atomic E-state index is 11.9. The fraction of sp³-hybridized carbons (Fsp3) is 0.929. The molecule has 0 spiro atoms. The highest BCUT2D eigenvalue weighted by molar-refractivity contribution is 5.76. The maximum absolute atomic E-state index is 11.9. The van der Waals surface area contributed by atoms with Crippen molar-refractivity contribution in [2.75, 3.05) is 19.8 Å². The van der Waals surface area contributed by atoms with Gasteiger partial charge in [0.2, 0.25) is 5.91 Å². The minimum atomic E-state index is 0.146. The highest BCUT2D eigenvalue weighted by atomic mass is 16.5. The molecule has 1 aliphatic carbocycles. The average molecular weight is 255 g/mol. The van der Waals surface area contributed by atoms with Gasteiger partial charge in [-0.05, 0) is 31.6 Å². The maximum Gasteiger partial charge on any atom is 0.220 e. The first kappa shape index (κ1) is 13.8. The number of aliphatic hydroxyl groups excluding tert-OH is 1. The molecule has 0 radical (unpaired) electrons. The SMILES string of the molecule is O=C(CC[C@@H]1CCOC1)N[C@@H]1CCCC[C@@H]1CO. The number of carbonyl (C=O) groups is 1. The first-order valence-electron chi connectivity index (χ1n) is 7.27. The molecule has 0 bridgehead atoms. The first-order valence-corrected chi connectivity index (χ1v) is 7.27. The van der Waals surface area contributed by atoms with E-state index >= 15 is 0 Å². The van der Waals surface area contributed by atoms with Crippen LogP contribution in [0.15, 0.2) is 0 Å². The van der Waals surface area contributed by atoms with Gasteiger partial charge in [0, 0.05) is 38.2 Å². The average Bonchev–Trinajstić information content (AvgIpc) is 2.90. The fourth-order valence-corrected chi connectivity index (χ4v) is 3.04. The van der Waals surface area contributed by atoms with Crippen molar-refractivity contribution in [1.29, 1.82) is 0 Å². The van der Waals surface area contributed by atoms with E-state index in [-0.39, 0.29) is 24.5 Å². The third kappa shape index (κ3) is 3.95. The van der Waals surface area contributed by atoms with Gasteiger partial charge in [-0.25, -0.2) is 0 Å². The number of amides is 1. The Hall–Kier alpha value is -0.610. The molecule has 18 heavy (non-hydrogen) atoms. The third-order valence-corrected chi connectivity index (χ3v) is 4.29. The lowest BCUT2D eigenvalue weighted by molar-refractivity contribution is -0.122. The van der Waals surface area contributed by atoms with Gasteiger partial charge in [-0.3, -0.25) is 4.79 Å². The Kier molecular flexibility index (Phi) is 5.45. The predicted molar refractivity (Wildman–Crippen MR) is 69.1 cm³/mol. The Morgan fingerprint density at radius 1 is 1.28 bits per heavy atom. The molecule has 104 valence electrons. The number of carbonyl (C=O) groups excluding carboxylic acids is 1. The number of aliphatic hydroxyl groups is 1. The van der Waals surface area contributed by atoms with Crippen molar-refractivity contribution < 1.29 is 14.6 Å². The van der Waals surface area contributed by atoms with Crippen LogP contribution in [0, 0.1) is 11.8 Å². The van der Waals surface area contributed by atoms with Crippen LogP contribution in [0.4, 0.5) is 0 Å². The molecule has 1 heterocycles. The lowest BCUT2D eigenvalue weighted by atomic mass is 9.85. The number of hydrogen-bond acceptors (Lipinski definition) is 3. The second-order valence-electron chi connectivity index (χ2n) is 5.67. The summed E-state index contributed by atoms with van der Waals surface area (Å²) in [7, 11) is 0. The largest absolute Gasteiger partial charge is 0.396 e. The normalized spacial score (nSPS) is 32.4. The van der Waals surface area contributed by atoms with Crippen LogP contribution in [0.1, 0.15) is 44.9 Å². The molecular formula is C14H25NO3. The number of hydrogen-bond donors (Lipinski definition) is 2. The molecule has 4 nitrogen and oxygen atoms in total. The van der Waals surface area contributed by atoms with Crippen LogP contribution < -0.4 is 5.32 Å². The molecule has 1 amide bonds. The van der Waals surface area contributed by atoms with Gasteiger partial charge in [-0.1, -0.05) is 12.8 Å². The highest BCUT2D eigenvalue weighted by Crippen LogP contribution is 2.24. The summed E-state index contributed by atoms with van der Waals surface area (Å²) in [5, 5.41) is 12.4. The van der Waals surface area contributed by atoms with E-state index in [1.807, 2.05) is 0 Å². The molecule has 0 aromatic carbocycles. The van der Waals surface area contributed by atoms with Crippen LogP contribution in [0.5, 0.6) is 0 Å². The minimum Gasteiger partial charge on any atom is -0.396 e. The molecular weight excluding hydrogens is 230 g/mol. The van der Waals surface area contributed by atoms with Crippen molar-refractivity contribution in [3.63, 3.8) is 0 Å². The molecule has 2 rings (SSSR count). The molecule has 4 heteroatoms. The van der Waals surface area contributed by atoms with Crippen LogP contribution >= 0.6 is 0 Å². The molecule has 0 aromatic heterocycles. The molecule has 0 aromatic rings. The molecule has 1 aliphatic heterocycles. The van der Waals surface area contributed by atoms with Crippen molar-refractivity contribution in [1.82, 2.24) is 5.32 Å². The first-order chi connectivity index (χ1) is 8.79. The summed E-state index contributed by atoms with van der Waals surface area (Å²) in [5.74, 6) is 0.973. The summed E-state index contributed by atoms with van der Waals surface area (Å²) >= 11 is 0. The van der Waals surface area contributed by atoms with Crippen LogP contribution in [0.3, 0.4) is 0 Å². The predicted octanol–water partition coefficient (Wildman–Crippen LogP) is 1.47. The van der Waals surface area contributed by atoms with Crippen molar-refractivity contribution in [2.45, 2.75) is 51.0 Å². The van der Waals surface area contributed by atoms with Crippen molar-refractivity contribution in [2.24, 2.45) is 11.8 Å². The van der Waals surface area contributed by atoms with E-state index in [1.165, 1.54) is 6.42 Å². The second-order valence-corrected chi connectivity index (χ2v) is 5.67. The molecule has 2 aliphatic rings. The minimum absolute atomic E-state index is 0.146. The molecule has 2 N–H and O–H groups in total. The quantitative estimate of drug-likeness (QED) is 0.782. The molecule has 0 unspecified atom stereocenters. The summed E-state index contributed by atoms with van der Waals surface area (Å²) in [6.07, 6.45) is 7.03. The summed E-state index contributed by atoms with van der Waals surface area (Å²) in [6, 6.07) is 0.191. The highest BCUT2D eigenvalue weighted by Gasteiger charge is 2.26. The van der Waals surface area contributed by atoms with E-state index in [1.54, 1.807) is 0 Å². The fourth-order valence-electron chi connectivity index (χ4n) is 3.04. The van der Waals surface area contributed by atoms with E-state index in [0.717, 1.165) is 45.3 Å². The molecule has 1 saturated heterocycles. The van der Waals surface area contributed by atoms with Crippen molar-refractivity contribution >= 4 is 5.91 Å².